The van der Waals surface area contributed by atoms with Crippen LogP contribution in [0.3, 0.4) is 0 Å². The zero-order valence-corrected chi connectivity index (χ0v) is 9.31. The molecule has 0 aliphatic carbocycles. The predicted molar refractivity (Wildman–Crippen MR) is 61.2 cm³/mol. The fraction of sp³-hybridized carbons (Fsp3) is 0.545. The molecule has 0 amide bonds. The summed E-state index contributed by atoms with van der Waals surface area (Å²) in [6, 6.07) is 0.387. The summed E-state index contributed by atoms with van der Waals surface area (Å²) in [6.45, 7) is 3.20. The van der Waals surface area contributed by atoms with Gasteiger partial charge in [0.1, 0.15) is 0 Å². The van der Waals surface area contributed by atoms with Crippen LogP contribution in [0.15, 0.2) is 11.7 Å². The average Bonchev–Trinajstić information content (AvgIpc) is 2.71. The van der Waals surface area contributed by atoms with E-state index in [1.54, 1.807) is 11.3 Å². The fourth-order valence-electron chi connectivity index (χ4n) is 1.29. The summed E-state index contributed by atoms with van der Waals surface area (Å²) in [4.78, 5) is 5.37. The lowest BCUT2D eigenvalue weighted by molar-refractivity contribution is 0.512. The molecule has 1 atom stereocenters. The van der Waals surface area contributed by atoms with Crippen LogP contribution in [-0.4, -0.2) is 11.5 Å². The highest BCUT2D eigenvalue weighted by Crippen LogP contribution is 2.21. The van der Waals surface area contributed by atoms with E-state index in [4.69, 9.17) is 6.42 Å². The predicted octanol–water partition coefficient (Wildman–Crippen LogP) is 2.60. The van der Waals surface area contributed by atoms with Gasteiger partial charge >= 0.3 is 0 Å². The van der Waals surface area contributed by atoms with Gasteiger partial charge in [0.15, 0.2) is 0 Å². The minimum atomic E-state index is 0.387. The molecular formula is C11H16N2S. The summed E-state index contributed by atoms with van der Waals surface area (Å²) in [5.74, 6) is 2.68. The molecule has 1 heterocycles. The normalized spacial score (nSPS) is 12.3. The molecule has 0 aliphatic rings. The van der Waals surface area contributed by atoms with E-state index < -0.39 is 0 Å². The Morgan fingerprint density at radius 2 is 2.57 bits per heavy atom. The summed E-state index contributed by atoms with van der Waals surface area (Å²) in [5, 5.41) is 3.48. The first-order valence-electron chi connectivity index (χ1n) is 4.93. The van der Waals surface area contributed by atoms with Gasteiger partial charge in [0.05, 0.1) is 5.51 Å². The van der Waals surface area contributed by atoms with E-state index in [1.165, 1.54) is 4.88 Å². The summed E-state index contributed by atoms with van der Waals surface area (Å²) in [5.41, 5.74) is 1.87. The van der Waals surface area contributed by atoms with Crippen LogP contribution in [0.25, 0.3) is 0 Å². The molecule has 0 bridgehead atoms. The van der Waals surface area contributed by atoms with Crippen molar-refractivity contribution >= 4 is 11.3 Å². The molecule has 3 heteroatoms. The lowest BCUT2D eigenvalue weighted by Gasteiger charge is -2.14. The van der Waals surface area contributed by atoms with Crippen molar-refractivity contribution in [1.82, 2.24) is 10.3 Å². The molecule has 76 valence electrons. The number of nitrogens with zero attached hydrogens (tertiary/aromatic N) is 1. The van der Waals surface area contributed by atoms with Crippen molar-refractivity contribution in [2.45, 2.75) is 32.2 Å². The van der Waals surface area contributed by atoms with Crippen LogP contribution in [0.1, 0.15) is 37.1 Å². The smallest absolute Gasteiger partial charge is 0.0794 e. The molecule has 0 spiro atoms. The van der Waals surface area contributed by atoms with Gasteiger partial charge in [-0.15, -0.1) is 23.7 Å². The monoisotopic (exact) mass is 208 g/mol. The summed E-state index contributed by atoms with van der Waals surface area (Å²) < 4.78 is 0. The van der Waals surface area contributed by atoms with Gasteiger partial charge in [-0.1, -0.05) is 6.92 Å². The van der Waals surface area contributed by atoms with Crippen LogP contribution >= 0.6 is 11.3 Å². The van der Waals surface area contributed by atoms with E-state index in [2.05, 4.69) is 23.1 Å². The van der Waals surface area contributed by atoms with Crippen molar-refractivity contribution in [1.29, 1.82) is 0 Å². The highest BCUT2D eigenvalue weighted by Gasteiger charge is 2.10. The molecule has 1 N–H and O–H groups in total. The third-order valence-corrected chi connectivity index (χ3v) is 2.90. The van der Waals surface area contributed by atoms with Crippen molar-refractivity contribution < 1.29 is 0 Å². The Hall–Kier alpha value is -0.850. The molecule has 0 aromatic carbocycles. The SMILES string of the molecule is C#CCCC(NCCC)c1cncs1. The molecule has 0 fully saturated rings. The van der Waals surface area contributed by atoms with Gasteiger partial charge in [-0.3, -0.25) is 4.98 Å². The third-order valence-electron chi connectivity index (χ3n) is 2.01. The minimum Gasteiger partial charge on any atom is -0.309 e. The Morgan fingerprint density at radius 3 is 3.14 bits per heavy atom. The van der Waals surface area contributed by atoms with Crippen LogP contribution in [0.4, 0.5) is 0 Å². The lowest BCUT2D eigenvalue weighted by Crippen LogP contribution is -2.21. The standard InChI is InChI=1S/C11H16N2S/c1-3-5-6-10(13-7-4-2)11-8-12-9-14-11/h1,8-10,13H,4-7H2,2H3. The van der Waals surface area contributed by atoms with Crippen LogP contribution < -0.4 is 5.32 Å². The maximum atomic E-state index is 5.27. The van der Waals surface area contributed by atoms with Gasteiger partial charge in [-0.25, -0.2) is 0 Å². The van der Waals surface area contributed by atoms with E-state index in [-0.39, 0.29) is 0 Å². The zero-order chi connectivity index (χ0) is 10.2. The maximum Gasteiger partial charge on any atom is 0.0794 e. The van der Waals surface area contributed by atoms with Crippen molar-refractivity contribution in [3.05, 3.63) is 16.6 Å². The summed E-state index contributed by atoms with van der Waals surface area (Å²) in [7, 11) is 0. The Morgan fingerprint density at radius 1 is 1.71 bits per heavy atom. The topological polar surface area (TPSA) is 24.9 Å². The number of nitrogens with one attached hydrogen (secondary N) is 1. The van der Waals surface area contributed by atoms with Crippen LogP contribution in [0.2, 0.25) is 0 Å². The van der Waals surface area contributed by atoms with Gasteiger partial charge in [0.2, 0.25) is 0 Å². The lowest BCUT2D eigenvalue weighted by atomic mass is 10.1. The fourth-order valence-corrected chi connectivity index (χ4v) is 2.02. The van der Waals surface area contributed by atoms with Crippen molar-refractivity contribution in [2.75, 3.05) is 6.54 Å². The van der Waals surface area contributed by atoms with Crippen LogP contribution in [-0.2, 0) is 0 Å². The maximum absolute atomic E-state index is 5.27. The third kappa shape index (κ3) is 3.49. The molecule has 1 rings (SSSR count). The number of hydrogen-bond acceptors (Lipinski definition) is 3. The molecule has 1 unspecified atom stereocenters. The van der Waals surface area contributed by atoms with E-state index >= 15 is 0 Å². The van der Waals surface area contributed by atoms with Crippen LogP contribution in [0.5, 0.6) is 0 Å². The molecular weight excluding hydrogens is 192 g/mol. The number of aromatic nitrogens is 1. The van der Waals surface area contributed by atoms with Crippen LogP contribution in [0, 0.1) is 12.3 Å². The first kappa shape index (κ1) is 11.2. The van der Waals surface area contributed by atoms with E-state index in [0.717, 1.165) is 25.8 Å². The molecule has 0 saturated carbocycles. The highest BCUT2D eigenvalue weighted by atomic mass is 32.1. The van der Waals surface area contributed by atoms with E-state index in [0.29, 0.717) is 6.04 Å². The first-order chi connectivity index (χ1) is 6.88. The summed E-state index contributed by atoms with van der Waals surface area (Å²) >= 11 is 1.69. The molecule has 1 aromatic heterocycles. The van der Waals surface area contributed by atoms with Gasteiger partial charge in [-0.05, 0) is 19.4 Å². The quantitative estimate of drug-likeness (QED) is 0.727. The van der Waals surface area contributed by atoms with Crippen molar-refractivity contribution in [2.24, 2.45) is 0 Å². The first-order valence-corrected chi connectivity index (χ1v) is 5.81. The average molecular weight is 208 g/mol. The van der Waals surface area contributed by atoms with Crippen molar-refractivity contribution in [3.63, 3.8) is 0 Å². The second-order valence-electron chi connectivity index (χ2n) is 3.15. The van der Waals surface area contributed by atoms with Gasteiger partial charge < -0.3 is 5.32 Å². The van der Waals surface area contributed by atoms with Gasteiger partial charge in [-0.2, -0.15) is 0 Å². The molecule has 0 aliphatic heterocycles. The summed E-state index contributed by atoms with van der Waals surface area (Å²) in [6.07, 6.45) is 10.2. The van der Waals surface area contributed by atoms with Gasteiger partial charge in [0, 0.05) is 23.5 Å². The molecule has 0 saturated heterocycles. The second kappa shape index (κ2) is 6.58. The van der Waals surface area contributed by atoms with E-state index in [1.807, 2.05) is 11.7 Å². The van der Waals surface area contributed by atoms with Gasteiger partial charge in [0.25, 0.3) is 0 Å². The Labute approximate surface area is 89.8 Å². The molecule has 14 heavy (non-hydrogen) atoms. The van der Waals surface area contributed by atoms with E-state index in [9.17, 15) is 0 Å². The number of rotatable bonds is 6. The minimum absolute atomic E-state index is 0.387. The second-order valence-corrected chi connectivity index (χ2v) is 4.07. The molecule has 1 aromatic rings. The molecule has 0 radical (unpaired) electrons. The Bertz CT molecular complexity index is 274. The zero-order valence-electron chi connectivity index (χ0n) is 8.49. The highest BCUT2D eigenvalue weighted by molar-refractivity contribution is 7.09. The number of thiazole rings is 1. The molecule has 2 nitrogen and oxygen atoms in total. The largest absolute Gasteiger partial charge is 0.309 e. The Balaban J connectivity index is 2.49. The Kier molecular flexibility index (Phi) is 5.28. The van der Waals surface area contributed by atoms with Crippen molar-refractivity contribution in [3.8, 4) is 12.3 Å². The number of terminal acetylenes is 1. The number of hydrogen-bond donors (Lipinski definition) is 1.